The quantitative estimate of drug-likeness (QED) is 0.367. The number of methoxy groups -OCH3 is 3. The third-order valence-electron chi connectivity index (χ3n) is 5.47. The van der Waals surface area contributed by atoms with Gasteiger partial charge < -0.3 is 24.5 Å². The van der Waals surface area contributed by atoms with E-state index in [4.69, 9.17) is 14.2 Å². The molecule has 0 fully saturated rings. The zero-order valence-corrected chi connectivity index (χ0v) is 19.6. The Kier molecular flexibility index (Phi) is 5.54. The molecule has 0 saturated carbocycles. The summed E-state index contributed by atoms with van der Waals surface area (Å²) in [6.07, 6.45) is 0. The van der Waals surface area contributed by atoms with E-state index in [1.807, 2.05) is 32.0 Å². The highest BCUT2D eigenvalue weighted by Crippen LogP contribution is 2.39. The summed E-state index contributed by atoms with van der Waals surface area (Å²) in [4.78, 5) is 16.6. The van der Waals surface area contributed by atoms with E-state index in [0.29, 0.717) is 22.8 Å². The first kappa shape index (κ1) is 21.1. The fraction of sp³-hybridized carbons (Fsp3) is 0.208. The molecule has 0 saturated heterocycles. The number of benzene rings is 3. The van der Waals surface area contributed by atoms with Crippen molar-refractivity contribution in [2.24, 2.45) is 0 Å². The Bertz CT molecular complexity index is 1300. The number of aromatic amines is 1. The van der Waals surface area contributed by atoms with E-state index in [2.05, 4.69) is 32.3 Å². The Hall–Kier alpha value is -3.19. The van der Waals surface area contributed by atoms with Crippen molar-refractivity contribution in [3.05, 3.63) is 57.6 Å². The van der Waals surface area contributed by atoms with Crippen LogP contribution in [0.15, 0.2) is 40.9 Å². The molecule has 0 bridgehead atoms. The maximum Gasteiger partial charge on any atom is 0.255 e. The smallest absolute Gasteiger partial charge is 0.255 e. The first-order valence-corrected chi connectivity index (χ1v) is 10.5. The van der Waals surface area contributed by atoms with Gasteiger partial charge in [0, 0.05) is 37.5 Å². The first-order valence-electron chi connectivity index (χ1n) is 9.70. The maximum absolute atomic E-state index is 13.1. The molecule has 0 atom stereocenters. The number of hydrogen-bond donors (Lipinski definition) is 2. The summed E-state index contributed by atoms with van der Waals surface area (Å²) in [6, 6.07) is 11.4. The third kappa shape index (κ3) is 3.59. The van der Waals surface area contributed by atoms with Crippen molar-refractivity contribution in [1.82, 2.24) is 4.98 Å². The molecule has 31 heavy (non-hydrogen) atoms. The summed E-state index contributed by atoms with van der Waals surface area (Å²) in [5, 5.41) is 5.25. The van der Waals surface area contributed by atoms with E-state index >= 15 is 0 Å². The van der Waals surface area contributed by atoms with Crippen LogP contribution in [-0.4, -0.2) is 32.2 Å². The van der Waals surface area contributed by atoms with Crippen molar-refractivity contribution >= 4 is 49.3 Å². The predicted octanol–water partition coefficient (Wildman–Crippen LogP) is 5.98. The third-order valence-corrected chi connectivity index (χ3v) is 5.96. The predicted molar refractivity (Wildman–Crippen MR) is 127 cm³/mol. The molecule has 6 nitrogen and oxygen atoms in total. The number of aromatic nitrogens is 1. The van der Waals surface area contributed by atoms with Gasteiger partial charge >= 0.3 is 0 Å². The molecular formula is C24H23BrN2O4. The van der Waals surface area contributed by atoms with Gasteiger partial charge in [-0.2, -0.15) is 0 Å². The number of rotatable bonds is 5. The Morgan fingerprint density at radius 3 is 2.26 bits per heavy atom. The molecule has 0 aliphatic rings. The molecule has 1 aromatic heterocycles. The largest absolute Gasteiger partial charge is 0.493 e. The van der Waals surface area contributed by atoms with E-state index in [0.717, 1.165) is 43.1 Å². The van der Waals surface area contributed by atoms with Crippen LogP contribution in [-0.2, 0) is 0 Å². The van der Waals surface area contributed by atoms with Gasteiger partial charge in [0.15, 0.2) is 11.5 Å². The number of aryl methyl sites for hydroxylation is 2. The molecule has 4 rings (SSSR count). The highest BCUT2D eigenvalue weighted by molar-refractivity contribution is 9.10. The molecule has 1 heterocycles. The lowest BCUT2D eigenvalue weighted by molar-refractivity contribution is 0.102. The zero-order chi connectivity index (χ0) is 22.3. The number of carbonyl (C=O) groups is 1. The number of ether oxygens (including phenoxy) is 3. The second-order valence-corrected chi connectivity index (χ2v) is 8.21. The molecular weight excluding hydrogens is 460 g/mol. The number of nitrogens with one attached hydrogen (secondary N) is 2. The van der Waals surface area contributed by atoms with Crippen molar-refractivity contribution in [1.29, 1.82) is 0 Å². The number of hydrogen-bond acceptors (Lipinski definition) is 4. The lowest BCUT2D eigenvalue weighted by Crippen LogP contribution is -2.14. The monoisotopic (exact) mass is 482 g/mol. The van der Waals surface area contributed by atoms with Crippen LogP contribution in [0.1, 0.15) is 21.5 Å². The Balaban J connectivity index is 1.80. The lowest BCUT2D eigenvalue weighted by atomic mass is 10.0. The summed E-state index contributed by atoms with van der Waals surface area (Å²) in [6.45, 7) is 4.04. The molecule has 2 N–H and O–H groups in total. The van der Waals surface area contributed by atoms with Gasteiger partial charge in [0.1, 0.15) is 0 Å². The Morgan fingerprint density at radius 1 is 0.968 bits per heavy atom. The molecule has 3 aromatic carbocycles. The molecule has 0 unspecified atom stereocenters. The Morgan fingerprint density at radius 2 is 1.65 bits per heavy atom. The van der Waals surface area contributed by atoms with Gasteiger partial charge in [-0.15, -0.1) is 0 Å². The molecule has 0 spiro atoms. The minimum absolute atomic E-state index is 0.262. The van der Waals surface area contributed by atoms with Crippen molar-refractivity contribution in [3.8, 4) is 17.2 Å². The summed E-state index contributed by atoms with van der Waals surface area (Å²) in [7, 11) is 4.58. The topological polar surface area (TPSA) is 72.6 Å². The van der Waals surface area contributed by atoms with Gasteiger partial charge in [-0.05, 0) is 61.4 Å². The van der Waals surface area contributed by atoms with Crippen LogP contribution in [0.5, 0.6) is 17.2 Å². The van der Waals surface area contributed by atoms with Crippen LogP contribution in [0.2, 0.25) is 0 Å². The summed E-state index contributed by atoms with van der Waals surface area (Å²) in [5.74, 6) is 1.04. The van der Waals surface area contributed by atoms with Crippen LogP contribution in [0, 0.1) is 13.8 Å². The van der Waals surface area contributed by atoms with Gasteiger partial charge in [-0.25, -0.2) is 0 Å². The number of anilines is 1. The SMILES string of the molecule is COc1cc(C(=O)Nc2cc(C)c3[nH]c4ccc(Br)cc4c3c2C)cc(OC)c1OC. The van der Waals surface area contributed by atoms with Crippen molar-refractivity contribution in [2.75, 3.05) is 26.6 Å². The van der Waals surface area contributed by atoms with Gasteiger partial charge in [0.05, 0.1) is 21.3 Å². The molecule has 4 aromatic rings. The molecule has 7 heteroatoms. The fourth-order valence-corrected chi connectivity index (χ4v) is 4.28. The normalized spacial score (nSPS) is 11.0. The number of fused-ring (bicyclic) bond motifs is 3. The van der Waals surface area contributed by atoms with Crippen molar-refractivity contribution in [2.45, 2.75) is 13.8 Å². The molecule has 0 radical (unpaired) electrons. The summed E-state index contributed by atoms with van der Waals surface area (Å²) < 4.78 is 17.1. The lowest BCUT2D eigenvalue weighted by Gasteiger charge is -2.15. The Labute approximate surface area is 188 Å². The number of amides is 1. The standard InChI is InChI=1S/C24H23BrN2O4/c1-12-8-18(13(2)21-16-11-15(25)6-7-17(16)26-22(12)21)27-24(28)14-9-19(29-3)23(31-5)20(10-14)30-4/h6-11,26H,1-5H3,(H,27,28). The van der Waals surface area contributed by atoms with E-state index in [-0.39, 0.29) is 5.91 Å². The zero-order valence-electron chi connectivity index (χ0n) is 18.0. The minimum Gasteiger partial charge on any atom is -0.493 e. The summed E-state index contributed by atoms with van der Waals surface area (Å²) in [5.41, 5.74) is 5.32. The average Bonchev–Trinajstić information content (AvgIpc) is 3.15. The van der Waals surface area contributed by atoms with Gasteiger partial charge in [-0.1, -0.05) is 15.9 Å². The number of carbonyl (C=O) groups excluding carboxylic acids is 1. The van der Waals surface area contributed by atoms with E-state index in [9.17, 15) is 4.79 Å². The summed E-state index contributed by atoms with van der Waals surface area (Å²) >= 11 is 3.56. The van der Waals surface area contributed by atoms with Gasteiger partial charge in [0.25, 0.3) is 5.91 Å². The molecule has 160 valence electrons. The van der Waals surface area contributed by atoms with Crippen molar-refractivity contribution in [3.63, 3.8) is 0 Å². The second-order valence-electron chi connectivity index (χ2n) is 7.30. The fourth-order valence-electron chi connectivity index (χ4n) is 3.92. The number of halogens is 1. The van der Waals surface area contributed by atoms with Crippen LogP contribution in [0.4, 0.5) is 5.69 Å². The highest BCUT2D eigenvalue weighted by Gasteiger charge is 2.19. The average molecular weight is 483 g/mol. The van der Waals surface area contributed by atoms with Crippen molar-refractivity contribution < 1.29 is 19.0 Å². The van der Waals surface area contributed by atoms with Crippen LogP contribution in [0.25, 0.3) is 21.8 Å². The molecule has 0 aliphatic heterocycles. The van der Waals surface area contributed by atoms with Crippen LogP contribution >= 0.6 is 15.9 Å². The van der Waals surface area contributed by atoms with E-state index in [1.54, 1.807) is 12.1 Å². The van der Waals surface area contributed by atoms with E-state index in [1.165, 1.54) is 21.3 Å². The highest BCUT2D eigenvalue weighted by atomic mass is 79.9. The second kappa shape index (κ2) is 8.15. The van der Waals surface area contributed by atoms with E-state index < -0.39 is 0 Å². The minimum atomic E-state index is -0.262. The number of H-pyrrole nitrogens is 1. The maximum atomic E-state index is 13.1. The van der Waals surface area contributed by atoms with Crippen LogP contribution in [0.3, 0.4) is 0 Å². The molecule has 0 aliphatic carbocycles. The first-order chi connectivity index (χ1) is 14.9. The van der Waals surface area contributed by atoms with Crippen LogP contribution < -0.4 is 19.5 Å². The van der Waals surface area contributed by atoms with Gasteiger partial charge in [0.2, 0.25) is 5.75 Å². The van der Waals surface area contributed by atoms with Gasteiger partial charge in [-0.3, -0.25) is 4.79 Å². The molecule has 1 amide bonds.